The van der Waals surface area contributed by atoms with E-state index in [0.29, 0.717) is 0 Å². The van der Waals surface area contributed by atoms with Gasteiger partial charge in [-0.15, -0.1) is 0 Å². The van der Waals surface area contributed by atoms with Crippen molar-refractivity contribution in [3.8, 4) is 11.3 Å². The summed E-state index contributed by atoms with van der Waals surface area (Å²) in [6, 6.07) is 8.64. The second kappa shape index (κ2) is 3.74. The van der Waals surface area contributed by atoms with E-state index in [4.69, 9.17) is 0 Å². The Balaban J connectivity index is 2.00. The Labute approximate surface area is 93.7 Å². The van der Waals surface area contributed by atoms with Gasteiger partial charge in [-0.25, -0.2) is 4.39 Å². The van der Waals surface area contributed by atoms with Crippen molar-refractivity contribution in [3.63, 3.8) is 0 Å². The van der Waals surface area contributed by atoms with Crippen LogP contribution in [0.15, 0.2) is 30.3 Å². The van der Waals surface area contributed by atoms with E-state index in [1.165, 1.54) is 30.7 Å². The van der Waals surface area contributed by atoms with Gasteiger partial charge in [0.25, 0.3) is 0 Å². The van der Waals surface area contributed by atoms with Gasteiger partial charge < -0.3 is 0 Å². The van der Waals surface area contributed by atoms with Crippen molar-refractivity contribution in [1.82, 2.24) is 9.78 Å². The van der Waals surface area contributed by atoms with E-state index >= 15 is 0 Å². The Hall–Kier alpha value is -1.64. The van der Waals surface area contributed by atoms with Crippen LogP contribution in [0.3, 0.4) is 0 Å². The van der Waals surface area contributed by atoms with Crippen LogP contribution in [0.4, 0.5) is 4.39 Å². The minimum absolute atomic E-state index is 0.201. The summed E-state index contributed by atoms with van der Waals surface area (Å²) in [6.07, 6.45) is 3.56. The largest absolute Gasteiger partial charge is 0.269 e. The fourth-order valence-corrected chi connectivity index (χ4v) is 2.18. The first-order valence-electron chi connectivity index (χ1n) is 5.65. The molecule has 0 unspecified atom stereocenters. The number of hydrogen-bond acceptors (Lipinski definition) is 1. The van der Waals surface area contributed by atoms with Crippen LogP contribution in [0.1, 0.15) is 18.5 Å². The Morgan fingerprint density at radius 1 is 1.12 bits per heavy atom. The molecule has 16 heavy (non-hydrogen) atoms. The number of nitrogens with zero attached hydrogens (tertiary/aromatic N) is 2. The van der Waals surface area contributed by atoms with Crippen molar-refractivity contribution in [1.29, 1.82) is 0 Å². The zero-order valence-electron chi connectivity index (χ0n) is 8.99. The Morgan fingerprint density at radius 2 is 1.94 bits per heavy atom. The molecule has 2 heterocycles. The molecule has 2 nitrogen and oxygen atoms in total. The number of hydrogen-bond donors (Lipinski definition) is 0. The molecule has 3 rings (SSSR count). The number of fused-ring (bicyclic) bond motifs is 1. The maximum absolute atomic E-state index is 12.8. The predicted molar refractivity (Wildman–Crippen MR) is 60.6 cm³/mol. The zero-order chi connectivity index (χ0) is 11.0. The highest BCUT2D eigenvalue weighted by Gasteiger charge is 2.12. The number of rotatable bonds is 1. The molecule has 1 aliphatic heterocycles. The molecule has 0 saturated heterocycles. The predicted octanol–water partition coefficient (Wildman–Crippen LogP) is 3.03. The summed E-state index contributed by atoms with van der Waals surface area (Å²) in [4.78, 5) is 0. The highest BCUT2D eigenvalue weighted by atomic mass is 19.1. The fraction of sp³-hybridized carbons (Fsp3) is 0.308. The van der Waals surface area contributed by atoms with Crippen LogP contribution in [0.25, 0.3) is 11.3 Å². The van der Waals surface area contributed by atoms with Crippen LogP contribution >= 0.6 is 0 Å². The Kier molecular flexibility index (Phi) is 2.24. The molecule has 0 spiro atoms. The van der Waals surface area contributed by atoms with Crippen molar-refractivity contribution in [2.24, 2.45) is 0 Å². The SMILES string of the molecule is Fc1ccc(-c2cc3n(n2)CCCC3)cc1. The monoisotopic (exact) mass is 216 g/mol. The van der Waals surface area contributed by atoms with E-state index in [2.05, 4.69) is 15.8 Å². The summed E-state index contributed by atoms with van der Waals surface area (Å²) in [6.45, 7) is 1.01. The lowest BCUT2D eigenvalue weighted by Crippen LogP contribution is -2.10. The molecule has 1 aromatic heterocycles. The molecular formula is C13H13FN2. The normalized spacial score (nSPS) is 14.8. The molecule has 3 heteroatoms. The Bertz CT molecular complexity index is 476. The average molecular weight is 216 g/mol. The van der Waals surface area contributed by atoms with Gasteiger partial charge in [0.1, 0.15) is 5.82 Å². The average Bonchev–Trinajstić information content (AvgIpc) is 2.73. The van der Waals surface area contributed by atoms with Crippen molar-refractivity contribution in [2.45, 2.75) is 25.8 Å². The van der Waals surface area contributed by atoms with Crippen LogP contribution in [-0.4, -0.2) is 9.78 Å². The van der Waals surface area contributed by atoms with Crippen LogP contribution in [-0.2, 0) is 13.0 Å². The number of benzene rings is 1. The van der Waals surface area contributed by atoms with Gasteiger partial charge in [-0.05, 0) is 49.6 Å². The highest BCUT2D eigenvalue weighted by molar-refractivity contribution is 5.59. The molecule has 0 aliphatic carbocycles. The molecule has 0 saturated carbocycles. The zero-order valence-corrected chi connectivity index (χ0v) is 8.99. The molecule has 0 fully saturated rings. The number of halogens is 1. The third-order valence-corrected chi connectivity index (χ3v) is 3.06. The molecule has 0 radical (unpaired) electrons. The van der Waals surface area contributed by atoms with Crippen LogP contribution in [0, 0.1) is 5.82 Å². The minimum Gasteiger partial charge on any atom is -0.269 e. The Morgan fingerprint density at radius 3 is 2.69 bits per heavy atom. The second-order valence-corrected chi connectivity index (χ2v) is 4.21. The lowest BCUT2D eigenvalue weighted by atomic mass is 10.1. The first-order chi connectivity index (χ1) is 7.83. The maximum atomic E-state index is 12.8. The van der Waals surface area contributed by atoms with E-state index in [1.54, 1.807) is 12.1 Å². The number of aryl methyl sites for hydroxylation is 2. The number of aromatic nitrogens is 2. The lowest BCUT2D eigenvalue weighted by molar-refractivity contribution is 0.487. The topological polar surface area (TPSA) is 17.8 Å². The smallest absolute Gasteiger partial charge is 0.123 e. The van der Waals surface area contributed by atoms with Crippen LogP contribution in [0.2, 0.25) is 0 Å². The molecule has 0 atom stereocenters. The third kappa shape index (κ3) is 1.62. The maximum Gasteiger partial charge on any atom is 0.123 e. The standard InChI is InChI=1S/C13H13FN2/c14-11-6-4-10(5-7-11)13-9-12-3-1-2-8-16(12)15-13/h4-7,9H,1-3,8H2. The van der Waals surface area contributed by atoms with Crippen molar-refractivity contribution in [2.75, 3.05) is 0 Å². The molecule has 1 aliphatic rings. The van der Waals surface area contributed by atoms with Gasteiger partial charge in [-0.3, -0.25) is 4.68 Å². The molecule has 0 bridgehead atoms. The van der Waals surface area contributed by atoms with Crippen molar-refractivity contribution in [3.05, 3.63) is 41.8 Å². The van der Waals surface area contributed by atoms with Gasteiger partial charge >= 0.3 is 0 Å². The first-order valence-corrected chi connectivity index (χ1v) is 5.65. The summed E-state index contributed by atoms with van der Waals surface area (Å²) in [5.41, 5.74) is 3.24. The first kappa shape index (κ1) is 9.58. The third-order valence-electron chi connectivity index (χ3n) is 3.06. The van der Waals surface area contributed by atoms with Gasteiger partial charge in [-0.2, -0.15) is 5.10 Å². The van der Waals surface area contributed by atoms with Gasteiger partial charge in [0.2, 0.25) is 0 Å². The van der Waals surface area contributed by atoms with Gasteiger partial charge in [0, 0.05) is 17.8 Å². The summed E-state index contributed by atoms with van der Waals surface area (Å²) in [7, 11) is 0. The minimum atomic E-state index is -0.201. The van der Waals surface area contributed by atoms with E-state index in [1.807, 2.05) is 0 Å². The molecule has 0 amide bonds. The summed E-state index contributed by atoms with van der Waals surface area (Å²) in [5, 5.41) is 4.54. The van der Waals surface area contributed by atoms with Gasteiger partial charge in [-0.1, -0.05) is 0 Å². The van der Waals surface area contributed by atoms with E-state index in [-0.39, 0.29) is 5.82 Å². The van der Waals surface area contributed by atoms with Crippen molar-refractivity contribution >= 4 is 0 Å². The summed E-state index contributed by atoms with van der Waals surface area (Å²) in [5.74, 6) is -0.201. The van der Waals surface area contributed by atoms with E-state index in [9.17, 15) is 4.39 Å². The molecule has 1 aromatic carbocycles. The molecule has 0 N–H and O–H groups in total. The summed E-state index contributed by atoms with van der Waals surface area (Å²) < 4.78 is 14.9. The molecule has 2 aromatic rings. The van der Waals surface area contributed by atoms with E-state index < -0.39 is 0 Å². The molecule has 82 valence electrons. The van der Waals surface area contributed by atoms with Crippen molar-refractivity contribution < 1.29 is 4.39 Å². The fourth-order valence-electron chi connectivity index (χ4n) is 2.18. The van der Waals surface area contributed by atoms with Gasteiger partial charge in [0.15, 0.2) is 0 Å². The van der Waals surface area contributed by atoms with Gasteiger partial charge in [0.05, 0.1) is 5.69 Å². The van der Waals surface area contributed by atoms with Crippen LogP contribution in [0.5, 0.6) is 0 Å². The second-order valence-electron chi connectivity index (χ2n) is 4.21. The lowest BCUT2D eigenvalue weighted by Gasteiger charge is -2.11. The molecular weight excluding hydrogens is 203 g/mol. The highest BCUT2D eigenvalue weighted by Crippen LogP contribution is 2.23. The summed E-state index contributed by atoms with van der Waals surface area (Å²) >= 11 is 0. The van der Waals surface area contributed by atoms with Crippen LogP contribution < -0.4 is 0 Å². The van der Waals surface area contributed by atoms with E-state index in [0.717, 1.165) is 24.2 Å². The quantitative estimate of drug-likeness (QED) is 0.716.